The molecule has 0 heterocycles. The Kier molecular flexibility index (Phi) is 7.92. The molecule has 1 atom stereocenters. The fraction of sp³-hybridized carbons (Fsp3) is 0.385. The predicted molar refractivity (Wildman–Crippen MR) is 127 cm³/mol. The van der Waals surface area contributed by atoms with Gasteiger partial charge in [0.15, 0.2) is 0 Å². The Labute approximate surface area is 189 Å². The van der Waals surface area contributed by atoms with Crippen LogP contribution in [0.1, 0.15) is 56.6 Å². The van der Waals surface area contributed by atoms with Crippen molar-refractivity contribution in [2.45, 2.75) is 45.4 Å². The van der Waals surface area contributed by atoms with Crippen LogP contribution in [-0.4, -0.2) is 18.5 Å². The lowest BCUT2D eigenvalue weighted by atomic mass is 9.83. The number of anilines is 2. The van der Waals surface area contributed by atoms with Crippen LogP contribution < -0.4 is 16.2 Å². The van der Waals surface area contributed by atoms with Crippen LogP contribution in [0.5, 0.6) is 5.75 Å². The number of hydrogen-bond acceptors (Lipinski definition) is 6. The molecule has 32 heavy (non-hydrogen) atoms. The topological polar surface area (TPSA) is 105 Å². The maximum absolute atomic E-state index is 12.3. The highest BCUT2D eigenvalue weighted by Crippen LogP contribution is 2.29. The first kappa shape index (κ1) is 23.4. The molecule has 1 aliphatic carbocycles. The number of nitrogens with two attached hydrogens (primary N) is 2. The maximum Gasteiger partial charge on any atom is 0.330 e. The highest BCUT2D eigenvalue weighted by molar-refractivity contribution is 5.87. The van der Waals surface area contributed by atoms with E-state index in [1.165, 1.54) is 6.08 Å². The van der Waals surface area contributed by atoms with Crippen molar-refractivity contribution in [3.8, 4) is 5.75 Å². The summed E-state index contributed by atoms with van der Waals surface area (Å²) >= 11 is 0. The molecule has 0 spiro atoms. The van der Waals surface area contributed by atoms with Gasteiger partial charge < -0.3 is 20.9 Å². The monoisotopic (exact) mass is 436 g/mol. The summed E-state index contributed by atoms with van der Waals surface area (Å²) in [6.45, 7) is 4.39. The van der Waals surface area contributed by atoms with Gasteiger partial charge in [0.25, 0.3) is 0 Å². The van der Waals surface area contributed by atoms with Gasteiger partial charge in [-0.15, -0.1) is 0 Å². The molecule has 6 nitrogen and oxygen atoms in total. The van der Waals surface area contributed by atoms with Crippen molar-refractivity contribution in [1.29, 1.82) is 0 Å². The van der Waals surface area contributed by atoms with Crippen LogP contribution in [0.3, 0.4) is 0 Å². The van der Waals surface area contributed by atoms with Crippen molar-refractivity contribution in [3.63, 3.8) is 0 Å². The molecule has 2 aromatic rings. The smallest absolute Gasteiger partial charge is 0.330 e. The summed E-state index contributed by atoms with van der Waals surface area (Å²) in [4.78, 5) is 24.4. The zero-order chi connectivity index (χ0) is 23.1. The van der Waals surface area contributed by atoms with Crippen molar-refractivity contribution < 1.29 is 19.1 Å². The number of carbonyl (C=O) groups is 2. The molecule has 2 aromatic carbocycles. The minimum absolute atomic E-state index is 0.00768. The molecule has 0 aliphatic heterocycles. The largest absolute Gasteiger partial charge is 0.462 e. The second kappa shape index (κ2) is 10.8. The molecule has 0 radical (unpaired) electrons. The Morgan fingerprint density at radius 1 is 1.03 bits per heavy atom. The number of benzene rings is 2. The molecule has 170 valence electrons. The average Bonchev–Trinajstić information content (AvgIpc) is 2.76. The lowest BCUT2D eigenvalue weighted by Crippen LogP contribution is -2.24. The van der Waals surface area contributed by atoms with Crippen LogP contribution in [-0.2, 0) is 14.3 Å². The van der Waals surface area contributed by atoms with Gasteiger partial charge in [-0.3, -0.25) is 4.79 Å². The molecule has 1 saturated carbocycles. The predicted octanol–water partition coefficient (Wildman–Crippen LogP) is 4.94. The summed E-state index contributed by atoms with van der Waals surface area (Å²) in [6, 6.07) is 12.4. The normalized spacial score (nSPS) is 19.4. The Morgan fingerprint density at radius 3 is 2.28 bits per heavy atom. The molecular weight excluding hydrogens is 404 g/mol. The van der Waals surface area contributed by atoms with Crippen LogP contribution in [0.4, 0.5) is 11.4 Å². The Morgan fingerprint density at radius 2 is 1.66 bits per heavy atom. The van der Waals surface area contributed by atoms with E-state index in [1.54, 1.807) is 36.4 Å². The molecule has 3 rings (SSSR count). The SMILES string of the molecule is CC1CCC(C(=O)Oc2ccc(/C=C/C(=O)OCC(C)c3cc(N)cc(N)c3)cc2)CC1. The zero-order valence-electron chi connectivity index (χ0n) is 18.8. The van der Waals surface area contributed by atoms with Gasteiger partial charge >= 0.3 is 11.9 Å². The molecule has 0 aromatic heterocycles. The van der Waals surface area contributed by atoms with Gasteiger partial charge in [-0.2, -0.15) is 0 Å². The van der Waals surface area contributed by atoms with Crippen LogP contribution >= 0.6 is 0 Å². The van der Waals surface area contributed by atoms with E-state index in [0.717, 1.165) is 36.8 Å². The van der Waals surface area contributed by atoms with Gasteiger partial charge in [0.2, 0.25) is 0 Å². The van der Waals surface area contributed by atoms with E-state index in [-0.39, 0.29) is 24.4 Å². The number of esters is 2. The Bertz CT molecular complexity index is 940. The van der Waals surface area contributed by atoms with E-state index in [4.69, 9.17) is 20.9 Å². The first-order valence-electron chi connectivity index (χ1n) is 11.1. The van der Waals surface area contributed by atoms with Crippen molar-refractivity contribution in [2.75, 3.05) is 18.1 Å². The Balaban J connectivity index is 1.46. The highest BCUT2D eigenvalue weighted by atomic mass is 16.5. The molecule has 1 fully saturated rings. The fourth-order valence-electron chi connectivity index (χ4n) is 3.84. The van der Waals surface area contributed by atoms with Gasteiger partial charge in [0.1, 0.15) is 5.75 Å². The van der Waals surface area contributed by atoms with Gasteiger partial charge in [-0.25, -0.2) is 4.79 Å². The van der Waals surface area contributed by atoms with Crippen LogP contribution in [0.25, 0.3) is 6.08 Å². The van der Waals surface area contributed by atoms with Crippen LogP contribution in [0, 0.1) is 11.8 Å². The maximum atomic E-state index is 12.3. The summed E-state index contributed by atoms with van der Waals surface area (Å²) in [5.74, 6) is 0.585. The highest BCUT2D eigenvalue weighted by Gasteiger charge is 2.25. The number of hydrogen-bond donors (Lipinski definition) is 2. The van der Waals surface area contributed by atoms with Crippen molar-refractivity contribution >= 4 is 29.4 Å². The minimum Gasteiger partial charge on any atom is -0.462 e. The second-order valence-electron chi connectivity index (χ2n) is 8.74. The van der Waals surface area contributed by atoms with Crippen molar-refractivity contribution in [3.05, 3.63) is 59.7 Å². The van der Waals surface area contributed by atoms with E-state index < -0.39 is 5.97 Å². The van der Waals surface area contributed by atoms with E-state index in [0.29, 0.717) is 23.0 Å². The molecule has 1 unspecified atom stereocenters. The van der Waals surface area contributed by atoms with Crippen molar-refractivity contribution in [1.82, 2.24) is 0 Å². The molecule has 4 N–H and O–H groups in total. The molecule has 0 amide bonds. The number of ether oxygens (including phenoxy) is 2. The molecular formula is C26H32N2O4. The lowest BCUT2D eigenvalue weighted by Gasteiger charge is -2.24. The fourth-order valence-corrected chi connectivity index (χ4v) is 3.84. The third-order valence-electron chi connectivity index (χ3n) is 5.90. The van der Waals surface area contributed by atoms with E-state index >= 15 is 0 Å². The van der Waals surface area contributed by atoms with Crippen LogP contribution in [0.2, 0.25) is 0 Å². The summed E-state index contributed by atoms with van der Waals surface area (Å²) in [7, 11) is 0. The Hall–Kier alpha value is -3.28. The van der Waals surface area contributed by atoms with Gasteiger partial charge in [0.05, 0.1) is 12.5 Å². The molecule has 6 heteroatoms. The van der Waals surface area contributed by atoms with Gasteiger partial charge in [-0.1, -0.05) is 26.0 Å². The van der Waals surface area contributed by atoms with E-state index in [2.05, 4.69) is 6.92 Å². The lowest BCUT2D eigenvalue weighted by molar-refractivity contribution is -0.140. The summed E-state index contributed by atoms with van der Waals surface area (Å²) in [5, 5.41) is 0. The van der Waals surface area contributed by atoms with Crippen LogP contribution in [0.15, 0.2) is 48.5 Å². The van der Waals surface area contributed by atoms with Gasteiger partial charge in [0, 0.05) is 23.4 Å². The molecule has 0 saturated heterocycles. The number of rotatable bonds is 7. The third kappa shape index (κ3) is 6.87. The standard InChI is InChI=1S/C26H32N2O4/c1-17-3-8-20(9-4-17)26(30)32-24-10-5-19(6-11-24)7-12-25(29)31-16-18(2)21-13-22(27)15-23(28)14-21/h5-7,10-15,17-18,20H,3-4,8-9,16,27-28H2,1-2H3/b12-7+. The zero-order valence-corrected chi connectivity index (χ0v) is 18.8. The first-order valence-corrected chi connectivity index (χ1v) is 11.1. The summed E-state index contributed by atoms with van der Waals surface area (Å²) < 4.78 is 10.9. The molecule has 0 bridgehead atoms. The second-order valence-corrected chi connectivity index (χ2v) is 8.74. The third-order valence-corrected chi connectivity index (χ3v) is 5.90. The number of carbonyl (C=O) groups excluding carboxylic acids is 2. The summed E-state index contributed by atoms with van der Waals surface area (Å²) in [5.41, 5.74) is 14.5. The van der Waals surface area contributed by atoms with Gasteiger partial charge in [-0.05, 0) is 79.1 Å². The molecule has 1 aliphatic rings. The van der Waals surface area contributed by atoms with E-state index in [1.807, 2.05) is 19.1 Å². The van der Waals surface area contributed by atoms with Crippen molar-refractivity contribution in [2.24, 2.45) is 11.8 Å². The summed E-state index contributed by atoms with van der Waals surface area (Å²) in [6.07, 6.45) is 6.99. The first-order chi connectivity index (χ1) is 15.3. The minimum atomic E-state index is -0.434. The average molecular weight is 437 g/mol. The van der Waals surface area contributed by atoms with E-state index in [9.17, 15) is 9.59 Å². The number of nitrogen functional groups attached to an aromatic ring is 2. The quantitative estimate of drug-likeness (QED) is 0.276.